The minimum atomic E-state index is -0.324. The molecule has 26 heavy (non-hydrogen) atoms. The summed E-state index contributed by atoms with van der Waals surface area (Å²) in [6, 6.07) is 13.8. The van der Waals surface area contributed by atoms with Gasteiger partial charge in [-0.1, -0.05) is 23.8 Å². The summed E-state index contributed by atoms with van der Waals surface area (Å²) in [5.74, 6) is -0.477. The first kappa shape index (κ1) is 18.2. The monoisotopic (exact) mass is 352 g/mol. The van der Waals surface area contributed by atoms with Crippen molar-refractivity contribution in [1.82, 2.24) is 0 Å². The van der Waals surface area contributed by atoms with E-state index in [9.17, 15) is 9.18 Å². The van der Waals surface area contributed by atoms with E-state index in [0.29, 0.717) is 5.56 Å². The fourth-order valence-corrected chi connectivity index (χ4v) is 3.21. The lowest BCUT2D eigenvalue weighted by molar-refractivity contribution is -0.115. The molecule has 4 heteroatoms. The van der Waals surface area contributed by atoms with Gasteiger partial charge in [0.05, 0.1) is 6.42 Å². The Hall–Kier alpha value is -2.62. The minimum absolute atomic E-state index is 0.152. The fourth-order valence-electron chi connectivity index (χ4n) is 3.21. The van der Waals surface area contributed by atoms with Gasteiger partial charge < -0.3 is 10.6 Å². The van der Waals surface area contributed by atoms with Crippen LogP contribution in [0.15, 0.2) is 60.2 Å². The molecule has 136 valence electrons. The number of anilines is 2. The molecule has 0 aromatic heterocycles. The molecule has 0 radical (unpaired) electrons. The highest BCUT2D eigenvalue weighted by molar-refractivity contribution is 5.92. The number of carbonyl (C=O) groups excluding carboxylic acids is 1. The Morgan fingerprint density at radius 2 is 1.85 bits per heavy atom. The maximum absolute atomic E-state index is 13.2. The summed E-state index contributed by atoms with van der Waals surface area (Å²) in [7, 11) is 0. The molecular weight excluding hydrogens is 327 g/mol. The zero-order chi connectivity index (χ0) is 18.2. The van der Waals surface area contributed by atoms with Crippen molar-refractivity contribution < 1.29 is 9.18 Å². The highest BCUT2D eigenvalue weighted by Gasteiger charge is 2.06. The van der Waals surface area contributed by atoms with Crippen molar-refractivity contribution in [2.75, 3.05) is 17.2 Å². The van der Waals surface area contributed by atoms with Gasteiger partial charge in [0.1, 0.15) is 5.82 Å². The lowest BCUT2D eigenvalue weighted by atomic mass is 9.97. The number of allylic oxidation sites excluding steroid dienone is 1. The highest BCUT2D eigenvalue weighted by atomic mass is 19.1. The van der Waals surface area contributed by atoms with Crippen molar-refractivity contribution in [3.05, 3.63) is 71.6 Å². The summed E-state index contributed by atoms with van der Waals surface area (Å²) in [4.78, 5) is 12.1. The van der Waals surface area contributed by atoms with Crippen LogP contribution in [0.3, 0.4) is 0 Å². The summed E-state index contributed by atoms with van der Waals surface area (Å²) >= 11 is 0. The normalized spacial score (nSPS) is 13.8. The van der Waals surface area contributed by atoms with Crippen LogP contribution in [0.5, 0.6) is 0 Å². The van der Waals surface area contributed by atoms with Crippen molar-refractivity contribution in [3.8, 4) is 0 Å². The Kier molecular flexibility index (Phi) is 6.42. The first-order valence-electron chi connectivity index (χ1n) is 9.25. The molecule has 0 saturated carbocycles. The van der Waals surface area contributed by atoms with Gasteiger partial charge in [0.2, 0.25) is 5.91 Å². The maximum Gasteiger partial charge on any atom is 0.228 e. The van der Waals surface area contributed by atoms with Crippen LogP contribution in [-0.4, -0.2) is 12.5 Å². The second kappa shape index (κ2) is 9.18. The predicted molar refractivity (Wildman–Crippen MR) is 105 cm³/mol. The molecule has 3 nitrogen and oxygen atoms in total. The molecule has 1 amide bonds. The van der Waals surface area contributed by atoms with Gasteiger partial charge in [0.15, 0.2) is 0 Å². The third-order valence-electron chi connectivity index (χ3n) is 4.58. The second-order valence-corrected chi connectivity index (χ2v) is 6.72. The van der Waals surface area contributed by atoms with Gasteiger partial charge in [0.25, 0.3) is 0 Å². The summed E-state index contributed by atoms with van der Waals surface area (Å²) < 4.78 is 13.2. The summed E-state index contributed by atoms with van der Waals surface area (Å²) in [5.41, 5.74) is 4.01. The van der Waals surface area contributed by atoms with E-state index >= 15 is 0 Å². The zero-order valence-corrected chi connectivity index (χ0v) is 14.9. The van der Waals surface area contributed by atoms with Gasteiger partial charge in [-0.05, 0) is 74.1 Å². The largest absolute Gasteiger partial charge is 0.385 e. The molecule has 1 aliphatic carbocycles. The molecule has 0 saturated heterocycles. The van der Waals surface area contributed by atoms with Gasteiger partial charge in [-0.3, -0.25) is 4.79 Å². The van der Waals surface area contributed by atoms with Crippen molar-refractivity contribution in [2.24, 2.45) is 0 Å². The van der Waals surface area contributed by atoms with E-state index in [4.69, 9.17) is 0 Å². The Morgan fingerprint density at radius 3 is 2.58 bits per heavy atom. The van der Waals surface area contributed by atoms with Gasteiger partial charge >= 0.3 is 0 Å². The molecule has 0 heterocycles. The average Bonchev–Trinajstić information content (AvgIpc) is 2.64. The molecule has 1 aliphatic rings. The second-order valence-electron chi connectivity index (χ2n) is 6.72. The number of carbonyl (C=O) groups is 1. The third kappa shape index (κ3) is 5.73. The maximum atomic E-state index is 13.2. The zero-order valence-electron chi connectivity index (χ0n) is 14.9. The Balaban J connectivity index is 1.44. The van der Waals surface area contributed by atoms with E-state index in [1.807, 2.05) is 24.3 Å². The minimum Gasteiger partial charge on any atom is -0.385 e. The molecule has 2 N–H and O–H groups in total. The quantitative estimate of drug-likeness (QED) is 0.663. The topological polar surface area (TPSA) is 41.1 Å². The molecule has 0 spiro atoms. The van der Waals surface area contributed by atoms with Crippen molar-refractivity contribution in [1.29, 1.82) is 0 Å². The van der Waals surface area contributed by atoms with Crippen LogP contribution in [0, 0.1) is 5.82 Å². The molecule has 0 atom stereocenters. The predicted octanol–water partition coefficient (Wildman–Crippen LogP) is 5.31. The van der Waals surface area contributed by atoms with E-state index in [2.05, 4.69) is 16.7 Å². The number of amides is 1. The lowest BCUT2D eigenvalue weighted by Crippen LogP contribution is -2.14. The van der Waals surface area contributed by atoms with Crippen LogP contribution >= 0.6 is 0 Å². The van der Waals surface area contributed by atoms with Crippen LogP contribution in [-0.2, 0) is 11.2 Å². The van der Waals surface area contributed by atoms with Crippen molar-refractivity contribution >= 4 is 17.3 Å². The first-order valence-corrected chi connectivity index (χ1v) is 9.25. The third-order valence-corrected chi connectivity index (χ3v) is 4.58. The van der Waals surface area contributed by atoms with Crippen LogP contribution in [0.4, 0.5) is 15.8 Å². The number of rotatable bonds is 7. The van der Waals surface area contributed by atoms with Gasteiger partial charge in [-0.25, -0.2) is 4.39 Å². The summed E-state index contributed by atoms with van der Waals surface area (Å²) in [6.45, 7) is 0.928. The number of nitrogens with one attached hydrogen (secondary N) is 2. The summed E-state index contributed by atoms with van der Waals surface area (Å²) in [5, 5.41) is 6.27. The van der Waals surface area contributed by atoms with E-state index in [0.717, 1.165) is 24.3 Å². The number of hydrogen-bond acceptors (Lipinski definition) is 2. The van der Waals surface area contributed by atoms with Crippen LogP contribution < -0.4 is 10.6 Å². The molecule has 0 fully saturated rings. The molecule has 2 aromatic carbocycles. The Labute approximate surface area is 154 Å². The van der Waals surface area contributed by atoms with Crippen LogP contribution in [0.2, 0.25) is 0 Å². The van der Waals surface area contributed by atoms with Crippen molar-refractivity contribution in [3.63, 3.8) is 0 Å². The number of hydrogen-bond donors (Lipinski definition) is 2. The molecule has 0 unspecified atom stereocenters. The van der Waals surface area contributed by atoms with Gasteiger partial charge in [-0.2, -0.15) is 0 Å². The smallest absolute Gasteiger partial charge is 0.228 e. The molecule has 0 aliphatic heterocycles. The van der Waals surface area contributed by atoms with Crippen LogP contribution in [0.25, 0.3) is 0 Å². The van der Waals surface area contributed by atoms with Crippen LogP contribution in [0.1, 0.15) is 37.7 Å². The Bertz CT molecular complexity index is 768. The van der Waals surface area contributed by atoms with Crippen molar-refractivity contribution in [2.45, 2.75) is 38.5 Å². The molecule has 2 aromatic rings. The van der Waals surface area contributed by atoms with E-state index in [-0.39, 0.29) is 18.1 Å². The molecule has 0 bridgehead atoms. The number of benzene rings is 2. The Morgan fingerprint density at radius 1 is 1.04 bits per heavy atom. The van der Waals surface area contributed by atoms with Gasteiger partial charge in [0, 0.05) is 17.9 Å². The average molecular weight is 352 g/mol. The number of halogens is 1. The molecule has 3 rings (SSSR count). The van der Waals surface area contributed by atoms with E-state index in [1.54, 1.807) is 17.7 Å². The van der Waals surface area contributed by atoms with E-state index in [1.165, 1.54) is 37.8 Å². The lowest BCUT2D eigenvalue weighted by Gasteiger charge is -2.13. The fraction of sp³-hybridized carbons (Fsp3) is 0.318. The SMILES string of the molecule is O=C(Cc1cccc(F)c1)Nc1ccc(NCCC2=CCCCC2)cc1. The van der Waals surface area contributed by atoms with Gasteiger partial charge in [-0.15, -0.1) is 0 Å². The first-order chi connectivity index (χ1) is 12.7. The highest BCUT2D eigenvalue weighted by Crippen LogP contribution is 2.20. The summed E-state index contributed by atoms with van der Waals surface area (Å²) in [6.07, 6.45) is 8.72. The molecular formula is C22H25FN2O. The standard InChI is InChI=1S/C22H25FN2O/c23-19-8-4-7-18(15-19)16-22(26)25-21-11-9-20(10-12-21)24-14-13-17-5-2-1-3-6-17/h4-5,7-12,15,24H,1-3,6,13-14,16H2,(H,25,26). The van der Waals surface area contributed by atoms with E-state index < -0.39 is 0 Å².